The Morgan fingerprint density at radius 2 is 2.09 bits per heavy atom. The van der Waals surface area contributed by atoms with Crippen molar-refractivity contribution in [2.45, 2.75) is 0 Å². The van der Waals surface area contributed by atoms with Crippen LogP contribution in [-0.2, 0) is 9.53 Å². The van der Waals surface area contributed by atoms with Crippen LogP contribution in [0.5, 0.6) is 0 Å². The molecule has 0 saturated carbocycles. The SMILES string of the molecule is CN(C)c1ccc(C=C(C#N)C(=O)N2CCOCC2)cc1Br. The van der Waals surface area contributed by atoms with E-state index in [1.807, 2.05) is 43.3 Å². The molecule has 1 heterocycles. The minimum absolute atomic E-state index is 0.145. The fourth-order valence-electron chi connectivity index (χ4n) is 2.22. The highest BCUT2D eigenvalue weighted by atomic mass is 79.9. The van der Waals surface area contributed by atoms with E-state index in [0.717, 1.165) is 15.7 Å². The molecule has 0 unspecified atom stereocenters. The Labute approximate surface area is 138 Å². The molecule has 1 aromatic carbocycles. The van der Waals surface area contributed by atoms with Gasteiger partial charge in [-0.1, -0.05) is 6.07 Å². The summed E-state index contributed by atoms with van der Waals surface area (Å²) in [4.78, 5) is 16.0. The molecule has 1 saturated heterocycles. The number of ether oxygens (including phenoxy) is 1. The average molecular weight is 364 g/mol. The third-order valence-electron chi connectivity index (χ3n) is 3.41. The van der Waals surface area contributed by atoms with E-state index in [1.165, 1.54) is 0 Å². The Balaban J connectivity index is 2.23. The summed E-state index contributed by atoms with van der Waals surface area (Å²) in [7, 11) is 3.91. The number of carbonyl (C=O) groups is 1. The van der Waals surface area contributed by atoms with Crippen LogP contribution in [0.4, 0.5) is 5.69 Å². The summed E-state index contributed by atoms with van der Waals surface area (Å²) in [6.07, 6.45) is 1.63. The van der Waals surface area contributed by atoms with Gasteiger partial charge < -0.3 is 14.5 Å². The number of morpholine rings is 1. The van der Waals surface area contributed by atoms with Crippen LogP contribution in [0, 0.1) is 11.3 Å². The molecule has 1 amide bonds. The van der Waals surface area contributed by atoms with Crippen LogP contribution < -0.4 is 4.90 Å². The second-order valence-corrected chi connectivity index (χ2v) is 6.03. The van der Waals surface area contributed by atoms with Gasteiger partial charge in [0, 0.05) is 31.7 Å². The largest absolute Gasteiger partial charge is 0.378 e. The number of nitriles is 1. The van der Waals surface area contributed by atoms with E-state index in [0.29, 0.717) is 26.3 Å². The van der Waals surface area contributed by atoms with Crippen LogP contribution >= 0.6 is 15.9 Å². The van der Waals surface area contributed by atoms with E-state index in [9.17, 15) is 10.1 Å². The fourth-order valence-corrected chi connectivity index (χ4v) is 2.97. The summed E-state index contributed by atoms with van der Waals surface area (Å²) in [6.45, 7) is 2.10. The molecule has 5 nitrogen and oxygen atoms in total. The van der Waals surface area contributed by atoms with Crippen LogP contribution in [0.25, 0.3) is 6.08 Å². The van der Waals surface area contributed by atoms with Gasteiger partial charge in [-0.05, 0) is 39.7 Å². The molecule has 0 spiro atoms. The standard InChI is InChI=1S/C16H18BrN3O2/c1-19(2)15-4-3-12(10-14(15)17)9-13(11-18)16(21)20-5-7-22-8-6-20/h3-4,9-10H,5-8H2,1-2H3. The number of rotatable bonds is 3. The van der Waals surface area contributed by atoms with Crippen molar-refractivity contribution in [1.29, 1.82) is 5.26 Å². The Bertz CT molecular complexity index is 629. The van der Waals surface area contributed by atoms with Crippen LogP contribution in [-0.4, -0.2) is 51.2 Å². The third-order valence-corrected chi connectivity index (χ3v) is 4.05. The molecule has 1 aromatic rings. The Hall–Kier alpha value is -1.84. The lowest BCUT2D eigenvalue weighted by atomic mass is 10.1. The van der Waals surface area contributed by atoms with Gasteiger partial charge in [-0.15, -0.1) is 0 Å². The van der Waals surface area contributed by atoms with Crippen molar-refractivity contribution in [2.24, 2.45) is 0 Å². The predicted molar refractivity (Wildman–Crippen MR) is 89.5 cm³/mol. The first-order chi connectivity index (χ1) is 10.5. The highest BCUT2D eigenvalue weighted by Crippen LogP contribution is 2.26. The summed E-state index contributed by atoms with van der Waals surface area (Å²) in [5.41, 5.74) is 2.00. The number of amides is 1. The Morgan fingerprint density at radius 1 is 1.41 bits per heavy atom. The van der Waals surface area contributed by atoms with Crippen molar-refractivity contribution in [2.75, 3.05) is 45.3 Å². The van der Waals surface area contributed by atoms with Crippen molar-refractivity contribution in [3.63, 3.8) is 0 Å². The molecule has 116 valence electrons. The summed E-state index contributed by atoms with van der Waals surface area (Å²) in [6, 6.07) is 7.75. The lowest BCUT2D eigenvalue weighted by molar-refractivity contribution is -0.130. The molecule has 0 aliphatic carbocycles. The van der Waals surface area contributed by atoms with Gasteiger partial charge in [0.25, 0.3) is 5.91 Å². The smallest absolute Gasteiger partial charge is 0.264 e. The highest BCUT2D eigenvalue weighted by Gasteiger charge is 2.20. The van der Waals surface area contributed by atoms with E-state index >= 15 is 0 Å². The number of carbonyl (C=O) groups excluding carboxylic acids is 1. The summed E-state index contributed by atoms with van der Waals surface area (Å²) in [5.74, 6) is -0.237. The molecular weight excluding hydrogens is 346 g/mol. The molecule has 1 fully saturated rings. The van der Waals surface area contributed by atoms with E-state index in [4.69, 9.17) is 4.74 Å². The first-order valence-corrected chi connectivity index (χ1v) is 7.78. The average Bonchev–Trinajstić information content (AvgIpc) is 2.52. The lowest BCUT2D eigenvalue weighted by Crippen LogP contribution is -2.41. The summed E-state index contributed by atoms with van der Waals surface area (Å²) >= 11 is 3.51. The maximum absolute atomic E-state index is 12.4. The number of anilines is 1. The maximum atomic E-state index is 12.4. The van der Waals surface area contributed by atoms with Gasteiger partial charge in [-0.2, -0.15) is 5.26 Å². The first-order valence-electron chi connectivity index (χ1n) is 6.98. The molecular formula is C16H18BrN3O2. The maximum Gasteiger partial charge on any atom is 0.264 e. The molecule has 2 rings (SSSR count). The minimum atomic E-state index is -0.237. The minimum Gasteiger partial charge on any atom is -0.378 e. The second-order valence-electron chi connectivity index (χ2n) is 5.18. The van der Waals surface area contributed by atoms with Crippen LogP contribution in [0.15, 0.2) is 28.2 Å². The number of benzene rings is 1. The van der Waals surface area contributed by atoms with E-state index in [-0.39, 0.29) is 11.5 Å². The lowest BCUT2D eigenvalue weighted by Gasteiger charge is -2.26. The van der Waals surface area contributed by atoms with E-state index in [2.05, 4.69) is 15.9 Å². The zero-order valence-electron chi connectivity index (χ0n) is 12.7. The molecule has 6 heteroatoms. The predicted octanol–water partition coefficient (Wildman–Crippen LogP) is 2.28. The van der Waals surface area contributed by atoms with Crippen molar-refractivity contribution in [3.8, 4) is 6.07 Å². The molecule has 0 aromatic heterocycles. The summed E-state index contributed by atoms with van der Waals surface area (Å²) < 4.78 is 6.14. The molecule has 0 radical (unpaired) electrons. The topological polar surface area (TPSA) is 56.6 Å². The quantitative estimate of drug-likeness (QED) is 0.610. The summed E-state index contributed by atoms with van der Waals surface area (Å²) in [5, 5.41) is 9.28. The van der Waals surface area contributed by atoms with E-state index < -0.39 is 0 Å². The number of halogens is 1. The normalized spacial score (nSPS) is 15.4. The fraction of sp³-hybridized carbons (Fsp3) is 0.375. The van der Waals surface area contributed by atoms with Crippen molar-refractivity contribution >= 4 is 33.6 Å². The van der Waals surface area contributed by atoms with Crippen LogP contribution in [0.3, 0.4) is 0 Å². The number of nitrogens with zero attached hydrogens (tertiary/aromatic N) is 3. The van der Waals surface area contributed by atoms with Crippen molar-refractivity contribution in [3.05, 3.63) is 33.8 Å². The molecule has 0 N–H and O–H groups in total. The van der Waals surface area contributed by atoms with Gasteiger partial charge in [0.1, 0.15) is 11.6 Å². The van der Waals surface area contributed by atoms with E-state index in [1.54, 1.807) is 11.0 Å². The van der Waals surface area contributed by atoms with Gasteiger partial charge in [-0.3, -0.25) is 4.79 Å². The van der Waals surface area contributed by atoms with Crippen LogP contribution in [0.2, 0.25) is 0 Å². The zero-order chi connectivity index (χ0) is 16.1. The van der Waals surface area contributed by atoms with Gasteiger partial charge in [0.15, 0.2) is 0 Å². The van der Waals surface area contributed by atoms with Crippen LogP contribution in [0.1, 0.15) is 5.56 Å². The molecule has 0 atom stereocenters. The number of hydrogen-bond donors (Lipinski definition) is 0. The monoisotopic (exact) mass is 363 g/mol. The van der Waals surface area contributed by atoms with Crippen molar-refractivity contribution < 1.29 is 9.53 Å². The zero-order valence-corrected chi connectivity index (χ0v) is 14.3. The Morgan fingerprint density at radius 3 is 2.64 bits per heavy atom. The number of hydrogen-bond acceptors (Lipinski definition) is 4. The first kappa shape index (κ1) is 16.5. The van der Waals surface area contributed by atoms with Gasteiger partial charge in [-0.25, -0.2) is 0 Å². The molecule has 1 aliphatic rings. The van der Waals surface area contributed by atoms with Crippen molar-refractivity contribution in [1.82, 2.24) is 4.90 Å². The molecule has 0 bridgehead atoms. The highest BCUT2D eigenvalue weighted by molar-refractivity contribution is 9.10. The molecule has 1 aliphatic heterocycles. The van der Waals surface area contributed by atoms with Gasteiger partial charge >= 0.3 is 0 Å². The van der Waals surface area contributed by atoms with Gasteiger partial charge in [0.05, 0.1) is 18.9 Å². The molecule has 22 heavy (non-hydrogen) atoms. The third kappa shape index (κ3) is 3.87. The van der Waals surface area contributed by atoms with Gasteiger partial charge in [0.2, 0.25) is 0 Å². The second kappa shape index (κ2) is 7.43. The Kier molecular flexibility index (Phi) is 5.58.